The Morgan fingerprint density at radius 1 is 1.21 bits per heavy atom. The zero-order chi connectivity index (χ0) is 20.8. The van der Waals surface area contributed by atoms with Crippen molar-refractivity contribution in [1.29, 1.82) is 0 Å². The number of piperidine rings is 1. The highest BCUT2D eigenvalue weighted by Crippen LogP contribution is 2.18. The van der Waals surface area contributed by atoms with Crippen LogP contribution < -0.4 is 0 Å². The molecule has 0 N–H and O–H groups in total. The van der Waals surface area contributed by atoms with Crippen LogP contribution >= 0.6 is 0 Å². The summed E-state index contributed by atoms with van der Waals surface area (Å²) in [6.07, 6.45) is 3.16. The number of likely N-dealkylation sites (tertiary alicyclic amines) is 1. The van der Waals surface area contributed by atoms with Crippen LogP contribution in [-0.4, -0.2) is 71.9 Å². The number of aromatic nitrogens is 2. The average Bonchev–Trinajstić information content (AvgIpc) is 3.02. The lowest BCUT2D eigenvalue weighted by molar-refractivity contribution is 0.00633. The van der Waals surface area contributed by atoms with Gasteiger partial charge < -0.3 is 14.5 Å². The number of ether oxygens (including phenoxy) is 1. The normalized spacial score (nSPS) is 15.3. The Morgan fingerprint density at radius 2 is 1.97 bits per heavy atom. The molecule has 1 aliphatic heterocycles. The second kappa shape index (κ2) is 10.0. The van der Waals surface area contributed by atoms with Gasteiger partial charge in [0.1, 0.15) is 0 Å². The fraction of sp³-hybridized carbons (Fsp3) is 0.565. The smallest absolute Gasteiger partial charge is 0.253 e. The van der Waals surface area contributed by atoms with Gasteiger partial charge in [0, 0.05) is 31.0 Å². The van der Waals surface area contributed by atoms with Crippen LogP contribution in [0.4, 0.5) is 0 Å². The van der Waals surface area contributed by atoms with Gasteiger partial charge in [-0.25, -0.2) is 0 Å². The number of hydrogen-bond acceptors (Lipinski definition) is 4. The zero-order valence-electron chi connectivity index (χ0n) is 18.2. The molecule has 2 heterocycles. The van der Waals surface area contributed by atoms with Crippen molar-refractivity contribution in [3.8, 4) is 0 Å². The third kappa shape index (κ3) is 6.15. The van der Waals surface area contributed by atoms with Gasteiger partial charge in [0.25, 0.3) is 5.91 Å². The van der Waals surface area contributed by atoms with Crippen molar-refractivity contribution in [1.82, 2.24) is 19.6 Å². The predicted molar refractivity (Wildman–Crippen MR) is 115 cm³/mol. The Hall–Kier alpha value is -2.18. The highest BCUT2D eigenvalue weighted by atomic mass is 16.5. The standard InChI is InChI=1S/C23H34N4O2/c1-18-15-19(2)27(24-18)17-20-7-5-8-21(16-20)23(28)26-12-9-22(10-13-26)29-14-6-11-25(3)4/h5,7-8,15-16,22H,6,9-14,17H2,1-4H3. The van der Waals surface area contributed by atoms with Gasteiger partial charge in [-0.2, -0.15) is 5.10 Å². The van der Waals surface area contributed by atoms with Gasteiger partial charge in [0.05, 0.1) is 18.3 Å². The van der Waals surface area contributed by atoms with Crippen LogP contribution in [0.25, 0.3) is 0 Å². The molecule has 158 valence electrons. The Bertz CT molecular complexity index is 807. The van der Waals surface area contributed by atoms with Crippen LogP contribution in [0.1, 0.15) is 46.6 Å². The van der Waals surface area contributed by atoms with Crippen LogP contribution in [0.2, 0.25) is 0 Å². The molecule has 3 rings (SSSR count). The van der Waals surface area contributed by atoms with E-state index in [1.54, 1.807) is 0 Å². The van der Waals surface area contributed by atoms with E-state index in [1.807, 2.05) is 34.7 Å². The first-order chi connectivity index (χ1) is 13.9. The number of benzene rings is 1. The molecule has 0 atom stereocenters. The van der Waals surface area contributed by atoms with Gasteiger partial charge in [-0.05, 0) is 77.5 Å². The van der Waals surface area contributed by atoms with Crippen LogP contribution in [0.3, 0.4) is 0 Å². The van der Waals surface area contributed by atoms with Crippen molar-refractivity contribution in [3.63, 3.8) is 0 Å². The van der Waals surface area contributed by atoms with Crippen LogP contribution in [0.5, 0.6) is 0 Å². The van der Waals surface area contributed by atoms with Crippen molar-refractivity contribution < 1.29 is 9.53 Å². The summed E-state index contributed by atoms with van der Waals surface area (Å²) in [4.78, 5) is 17.1. The number of amides is 1. The molecule has 1 saturated heterocycles. The summed E-state index contributed by atoms with van der Waals surface area (Å²) in [5.41, 5.74) is 4.00. The third-order valence-electron chi connectivity index (χ3n) is 5.44. The summed E-state index contributed by atoms with van der Waals surface area (Å²) in [6, 6.07) is 10.0. The van der Waals surface area contributed by atoms with Crippen molar-refractivity contribution in [2.45, 2.75) is 45.8 Å². The first kappa shape index (κ1) is 21.5. The monoisotopic (exact) mass is 398 g/mol. The van der Waals surface area contributed by atoms with E-state index in [2.05, 4.69) is 43.2 Å². The Kier molecular flexibility index (Phi) is 7.45. The molecule has 2 aromatic rings. The minimum Gasteiger partial charge on any atom is -0.378 e. The van der Waals surface area contributed by atoms with Crippen LogP contribution in [-0.2, 0) is 11.3 Å². The number of nitrogens with zero attached hydrogens (tertiary/aromatic N) is 4. The Labute approximate surface area is 174 Å². The molecule has 1 aromatic heterocycles. The Morgan fingerprint density at radius 3 is 2.62 bits per heavy atom. The Balaban J connectivity index is 1.51. The lowest BCUT2D eigenvalue weighted by Crippen LogP contribution is -2.41. The quantitative estimate of drug-likeness (QED) is 0.641. The van der Waals surface area contributed by atoms with E-state index in [0.29, 0.717) is 6.54 Å². The molecule has 0 radical (unpaired) electrons. The van der Waals surface area contributed by atoms with Crippen LogP contribution in [0.15, 0.2) is 30.3 Å². The lowest BCUT2D eigenvalue weighted by Gasteiger charge is -2.32. The molecule has 1 aliphatic rings. The summed E-state index contributed by atoms with van der Waals surface area (Å²) in [5, 5.41) is 4.52. The molecule has 0 spiro atoms. The summed E-state index contributed by atoms with van der Waals surface area (Å²) < 4.78 is 7.98. The summed E-state index contributed by atoms with van der Waals surface area (Å²) in [7, 11) is 4.16. The maximum absolute atomic E-state index is 13.0. The second-order valence-electron chi connectivity index (χ2n) is 8.30. The average molecular weight is 399 g/mol. The fourth-order valence-corrected chi connectivity index (χ4v) is 3.85. The molecule has 1 amide bonds. The summed E-state index contributed by atoms with van der Waals surface area (Å²) >= 11 is 0. The molecule has 1 fully saturated rings. The molecular formula is C23H34N4O2. The summed E-state index contributed by atoms with van der Waals surface area (Å²) in [5.74, 6) is 0.117. The van der Waals surface area contributed by atoms with Gasteiger partial charge in [-0.1, -0.05) is 12.1 Å². The van der Waals surface area contributed by atoms with Gasteiger partial charge in [0.2, 0.25) is 0 Å². The van der Waals surface area contributed by atoms with Crippen molar-refractivity contribution in [2.24, 2.45) is 0 Å². The van der Waals surface area contributed by atoms with Crippen molar-refractivity contribution in [3.05, 3.63) is 52.8 Å². The molecule has 0 unspecified atom stereocenters. The number of rotatable bonds is 8. The number of hydrogen-bond donors (Lipinski definition) is 0. The predicted octanol–water partition coefficient (Wildman–Crippen LogP) is 3.12. The third-order valence-corrected chi connectivity index (χ3v) is 5.44. The minimum atomic E-state index is 0.117. The van der Waals surface area contributed by atoms with Crippen LogP contribution in [0, 0.1) is 13.8 Å². The lowest BCUT2D eigenvalue weighted by atomic mass is 10.0. The highest BCUT2D eigenvalue weighted by molar-refractivity contribution is 5.94. The van der Waals surface area contributed by atoms with Gasteiger partial charge in [-0.3, -0.25) is 9.48 Å². The number of carbonyl (C=O) groups is 1. The van der Waals surface area contributed by atoms with E-state index in [-0.39, 0.29) is 12.0 Å². The van der Waals surface area contributed by atoms with E-state index in [4.69, 9.17) is 4.74 Å². The van der Waals surface area contributed by atoms with Gasteiger partial charge in [0.15, 0.2) is 0 Å². The van der Waals surface area contributed by atoms with E-state index in [1.165, 1.54) is 0 Å². The van der Waals surface area contributed by atoms with Gasteiger partial charge >= 0.3 is 0 Å². The maximum Gasteiger partial charge on any atom is 0.253 e. The van der Waals surface area contributed by atoms with E-state index >= 15 is 0 Å². The first-order valence-corrected chi connectivity index (χ1v) is 10.6. The summed E-state index contributed by atoms with van der Waals surface area (Å²) in [6.45, 7) is 8.11. The van der Waals surface area contributed by atoms with E-state index < -0.39 is 0 Å². The SMILES string of the molecule is Cc1cc(C)n(Cc2cccc(C(=O)N3CCC(OCCCN(C)C)CC3)c2)n1. The molecule has 6 heteroatoms. The minimum absolute atomic E-state index is 0.117. The number of carbonyl (C=O) groups excluding carboxylic acids is 1. The molecule has 29 heavy (non-hydrogen) atoms. The molecule has 0 saturated carbocycles. The second-order valence-corrected chi connectivity index (χ2v) is 8.30. The van der Waals surface area contributed by atoms with E-state index in [0.717, 1.165) is 68.0 Å². The molecule has 6 nitrogen and oxygen atoms in total. The fourth-order valence-electron chi connectivity index (χ4n) is 3.85. The van der Waals surface area contributed by atoms with E-state index in [9.17, 15) is 4.79 Å². The molecule has 1 aromatic carbocycles. The largest absolute Gasteiger partial charge is 0.378 e. The zero-order valence-corrected chi connectivity index (χ0v) is 18.2. The molecule has 0 aliphatic carbocycles. The highest BCUT2D eigenvalue weighted by Gasteiger charge is 2.24. The van der Waals surface area contributed by atoms with Crippen molar-refractivity contribution in [2.75, 3.05) is 40.3 Å². The topological polar surface area (TPSA) is 50.6 Å². The number of aryl methyl sites for hydroxylation is 2. The van der Waals surface area contributed by atoms with Crippen molar-refractivity contribution >= 4 is 5.91 Å². The maximum atomic E-state index is 13.0. The van der Waals surface area contributed by atoms with Gasteiger partial charge in [-0.15, -0.1) is 0 Å². The molecule has 0 bridgehead atoms. The molecular weight excluding hydrogens is 364 g/mol. The first-order valence-electron chi connectivity index (χ1n) is 10.6.